The molecule has 2 unspecified atom stereocenters. The van der Waals surface area contributed by atoms with Gasteiger partial charge in [-0.2, -0.15) is 0 Å². The molecule has 34 heavy (non-hydrogen) atoms. The highest BCUT2D eigenvalue weighted by molar-refractivity contribution is 5.97. The standard InChI is InChI=1S/C26H36F2N4O2/c1-8-32(20-9-14(2)30-15(3)10-20)23-12-19(27)11-21(16(23)4)25(33)29-13-22-17(5)24(28)18(6)31(7)26(22)34/h11-12,14-15,20,30H,8-10,13H2,1-7H3,(H,29,33)/t14-,15?,20?/m1/s1. The molecule has 1 fully saturated rings. The second-order valence-corrected chi connectivity index (χ2v) is 9.53. The van der Waals surface area contributed by atoms with Crippen LogP contribution >= 0.6 is 0 Å². The van der Waals surface area contributed by atoms with E-state index in [2.05, 4.69) is 29.4 Å². The quantitative estimate of drug-likeness (QED) is 0.667. The van der Waals surface area contributed by atoms with Crippen LogP contribution in [0.3, 0.4) is 0 Å². The normalized spacial score (nSPS) is 20.3. The highest BCUT2D eigenvalue weighted by Gasteiger charge is 2.29. The fourth-order valence-electron chi connectivity index (χ4n) is 5.15. The number of aromatic nitrogens is 1. The van der Waals surface area contributed by atoms with Gasteiger partial charge in [-0.3, -0.25) is 9.59 Å². The summed E-state index contributed by atoms with van der Waals surface area (Å²) in [4.78, 5) is 27.9. The Balaban J connectivity index is 1.90. The molecule has 1 saturated heterocycles. The van der Waals surface area contributed by atoms with Gasteiger partial charge in [0.2, 0.25) is 0 Å². The maximum atomic E-state index is 14.7. The number of carbonyl (C=O) groups excluding carboxylic acids is 1. The lowest BCUT2D eigenvalue weighted by atomic mass is 9.92. The Kier molecular flexibility index (Phi) is 7.81. The van der Waals surface area contributed by atoms with Gasteiger partial charge in [-0.15, -0.1) is 0 Å². The lowest BCUT2D eigenvalue weighted by Crippen LogP contribution is -2.51. The molecule has 1 aliphatic heterocycles. The summed E-state index contributed by atoms with van der Waals surface area (Å²) in [5.41, 5.74) is 1.87. The molecule has 8 heteroatoms. The number of hydrogen-bond acceptors (Lipinski definition) is 4. The zero-order valence-corrected chi connectivity index (χ0v) is 21.2. The number of benzene rings is 1. The number of anilines is 1. The molecule has 2 N–H and O–H groups in total. The monoisotopic (exact) mass is 474 g/mol. The Labute approximate surface area is 200 Å². The van der Waals surface area contributed by atoms with Crippen molar-refractivity contribution in [1.29, 1.82) is 0 Å². The van der Waals surface area contributed by atoms with Crippen LogP contribution in [0.25, 0.3) is 0 Å². The Morgan fingerprint density at radius 1 is 1.15 bits per heavy atom. The van der Waals surface area contributed by atoms with E-state index in [9.17, 15) is 18.4 Å². The van der Waals surface area contributed by atoms with Gasteiger partial charge in [0.25, 0.3) is 11.5 Å². The van der Waals surface area contributed by atoms with Crippen molar-refractivity contribution >= 4 is 11.6 Å². The third-order valence-electron chi connectivity index (χ3n) is 7.09. The molecule has 1 aromatic carbocycles. The van der Waals surface area contributed by atoms with E-state index in [4.69, 9.17) is 0 Å². The van der Waals surface area contributed by atoms with Crippen molar-refractivity contribution in [2.45, 2.75) is 79.1 Å². The molecule has 3 atom stereocenters. The third kappa shape index (κ3) is 5.02. The van der Waals surface area contributed by atoms with Gasteiger partial charge in [0.05, 0.1) is 5.69 Å². The summed E-state index contributed by atoms with van der Waals surface area (Å²) in [5.74, 6) is -1.46. The van der Waals surface area contributed by atoms with Crippen LogP contribution in [0, 0.1) is 32.4 Å². The second kappa shape index (κ2) is 10.3. The van der Waals surface area contributed by atoms with Gasteiger partial charge in [-0.1, -0.05) is 0 Å². The van der Waals surface area contributed by atoms with Crippen molar-refractivity contribution < 1.29 is 13.6 Å². The van der Waals surface area contributed by atoms with Gasteiger partial charge in [0, 0.05) is 55.1 Å². The Hall–Kier alpha value is -2.74. The van der Waals surface area contributed by atoms with Crippen LogP contribution < -0.4 is 21.1 Å². The molecular weight excluding hydrogens is 438 g/mol. The zero-order chi connectivity index (χ0) is 25.3. The van der Waals surface area contributed by atoms with Crippen LogP contribution in [0.1, 0.15) is 66.4 Å². The fourth-order valence-corrected chi connectivity index (χ4v) is 5.15. The number of nitrogens with zero attached hydrogens (tertiary/aromatic N) is 2. The van der Waals surface area contributed by atoms with Crippen molar-refractivity contribution in [1.82, 2.24) is 15.2 Å². The molecule has 186 valence electrons. The minimum atomic E-state index is -0.496. The molecule has 1 aromatic heterocycles. The Bertz CT molecular complexity index is 1130. The van der Waals surface area contributed by atoms with Crippen molar-refractivity contribution in [3.05, 3.63) is 62.1 Å². The van der Waals surface area contributed by atoms with Crippen molar-refractivity contribution in [3.8, 4) is 0 Å². The largest absolute Gasteiger partial charge is 0.368 e. The van der Waals surface area contributed by atoms with Gasteiger partial charge in [0.15, 0.2) is 0 Å². The van der Waals surface area contributed by atoms with Crippen LogP contribution in [0.5, 0.6) is 0 Å². The van der Waals surface area contributed by atoms with Gasteiger partial charge in [-0.05, 0) is 77.6 Å². The number of nitrogens with one attached hydrogen (secondary N) is 2. The van der Waals surface area contributed by atoms with E-state index in [0.29, 0.717) is 29.9 Å². The first-order valence-corrected chi connectivity index (χ1v) is 11.9. The van der Waals surface area contributed by atoms with Crippen molar-refractivity contribution in [2.24, 2.45) is 7.05 Å². The highest BCUT2D eigenvalue weighted by Crippen LogP contribution is 2.30. The number of carbonyl (C=O) groups is 1. The smallest absolute Gasteiger partial charge is 0.255 e. The minimum Gasteiger partial charge on any atom is -0.368 e. The summed E-state index contributed by atoms with van der Waals surface area (Å²) in [5, 5.41) is 6.23. The number of amides is 1. The molecule has 1 aliphatic rings. The average molecular weight is 475 g/mol. The minimum absolute atomic E-state index is 0.138. The first-order chi connectivity index (χ1) is 16.0. The molecule has 0 bridgehead atoms. The topological polar surface area (TPSA) is 66.4 Å². The molecule has 0 aliphatic carbocycles. The van der Waals surface area contributed by atoms with E-state index < -0.39 is 17.5 Å². The van der Waals surface area contributed by atoms with Crippen LogP contribution in [-0.4, -0.2) is 35.1 Å². The van der Waals surface area contributed by atoms with Gasteiger partial charge >= 0.3 is 0 Å². The van der Waals surface area contributed by atoms with E-state index in [1.54, 1.807) is 0 Å². The molecule has 0 saturated carbocycles. The lowest BCUT2D eigenvalue weighted by Gasteiger charge is -2.41. The third-order valence-corrected chi connectivity index (χ3v) is 7.09. The number of pyridine rings is 1. The van der Waals surface area contributed by atoms with E-state index in [0.717, 1.165) is 12.8 Å². The molecule has 2 aromatic rings. The van der Waals surface area contributed by atoms with Gasteiger partial charge in [0.1, 0.15) is 11.6 Å². The molecule has 0 spiro atoms. The van der Waals surface area contributed by atoms with Crippen LogP contribution in [0.15, 0.2) is 16.9 Å². The molecule has 2 heterocycles. The molecular formula is C26H36F2N4O2. The predicted octanol–water partition coefficient (Wildman–Crippen LogP) is 3.87. The number of piperidine rings is 1. The average Bonchev–Trinajstić information content (AvgIpc) is 2.78. The second-order valence-electron chi connectivity index (χ2n) is 9.53. The Morgan fingerprint density at radius 3 is 2.35 bits per heavy atom. The first kappa shape index (κ1) is 25.9. The van der Waals surface area contributed by atoms with E-state index in [1.165, 1.54) is 37.6 Å². The summed E-state index contributed by atoms with van der Waals surface area (Å²) < 4.78 is 30.4. The first-order valence-electron chi connectivity index (χ1n) is 11.9. The highest BCUT2D eigenvalue weighted by atomic mass is 19.1. The SMILES string of the molecule is CCN(c1cc(F)cc(C(=O)NCc2c(C)c(F)c(C)n(C)c2=O)c1C)C1CC(C)N[C@H](C)C1. The lowest BCUT2D eigenvalue weighted by molar-refractivity contribution is 0.0949. The van der Waals surface area contributed by atoms with Gasteiger partial charge in [-0.25, -0.2) is 8.78 Å². The molecule has 1 amide bonds. The molecule has 0 radical (unpaired) electrons. The molecule has 3 rings (SSSR count). The van der Waals surface area contributed by atoms with E-state index >= 15 is 0 Å². The van der Waals surface area contributed by atoms with Crippen LogP contribution in [-0.2, 0) is 13.6 Å². The van der Waals surface area contributed by atoms with Crippen molar-refractivity contribution in [2.75, 3.05) is 11.4 Å². The van der Waals surface area contributed by atoms with Crippen LogP contribution in [0.4, 0.5) is 14.5 Å². The maximum absolute atomic E-state index is 14.7. The number of rotatable bonds is 6. The summed E-state index contributed by atoms with van der Waals surface area (Å²) in [6.07, 6.45) is 1.86. The fraction of sp³-hybridized carbons (Fsp3) is 0.538. The maximum Gasteiger partial charge on any atom is 0.255 e. The summed E-state index contributed by atoms with van der Waals surface area (Å²) in [6, 6.07) is 3.63. The predicted molar refractivity (Wildman–Crippen MR) is 132 cm³/mol. The van der Waals surface area contributed by atoms with Gasteiger partial charge < -0.3 is 20.1 Å². The zero-order valence-electron chi connectivity index (χ0n) is 21.2. The Morgan fingerprint density at radius 2 is 1.76 bits per heavy atom. The summed E-state index contributed by atoms with van der Waals surface area (Å²) in [6.45, 7) is 11.8. The summed E-state index contributed by atoms with van der Waals surface area (Å²) in [7, 11) is 1.50. The van der Waals surface area contributed by atoms with E-state index in [1.807, 2.05) is 13.8 Å². The van der Waals surface area contributed by atoms with Crippen LogP contribution in [0.2, 0.25) is 0 Å². The van der Waals surface area contributed by atoms with Crippen molar-refractivity contribution in [3.63, 3.8) is 0 Å². The number of halogens is 2. The summed E-state index contributed by atoms with van der Waals surface area (Å²) >= 11 is 0. The number of hydrogen-bond donors (Lipinski definition) is 2. The van der Waals surface area contributed by atoms with E-state index in [-0.39, 0.29) is 40.5 Å². The molecule has 6 nitrogen and oxygen atoms in total.